The summed E-state index contributed by atoms with van der Waals surface area (Å²) in [6, 6.07) is 9.75. The molecule has 0 aliphatic rings. The Morgan fingerprint density at radius 3 is 2.62 bits per heavy atom. The fourth-order valence-corrected chi connectivity index (χ4v) is 2.50. The molecular weight excluding hydrogens is 339 g/mol. The van der Waals surface area contributed by atoms with Gasteiger partial charge in [-0.2, -0.15) is 0 Å². The molecule has 0 radical (unpaired) electrons. The van der Waals surface area contributed by atoms with Crippen LogP contribution in [-0.4, -0.2) is 11.7 Å². The first-order chi connectivity index (χ1) is 10.1. The summed E-state index contributed by atoms with van der Waals surface area (Å²) in [6.07, 6.45) is 0. The molecule has 0 heterocycles. The van der Waals surface area contributed by atoms with Gasteiger partial charge in [0.1, 0.15) is 12.4 Å². The molecule has 0 amide bonds. The van der Waals surface area contributed by atoms with E-state index < -0.39 is 0 Å². The van der Waals surface area contributed by atoms with Gasteiger partial charge in [-0.1, -0.05) is 12.1 Å². The molecule has 1 N–H and O–H groups in total. The molecule has 0 unspecified atom stereocenters. The minimum absolute atomic E-state index is 0.0805. The molecule has 0 fully saturated rings. The zero-order valence-corrected chi connectivity index (χ0v) is 13.2. The van der Waals surface area contributed by atoms with Gasteiger partial charge < -0.3 is 14.6 Å². The molecule has 21 heavy (non-hydrogen) atoms. The van der Waals surface area contributed by atoms with Crippen molar-refractivity contribution >= 4 is 15.9 Å². The Hall–Kier alpha value is -1.59. The molecule has 2 rings (SSSR count). The second-order valence-corrected chi connectivity index (χ2v) is 5.27. The third-order valence-electron chi connectivity index (χ3n) is 2.82. The topological polar surface area (TPSA) is 38.7 Å². The number of halogens is 2. The van der Waals surface area contributed by atoms with Crippen LogP contribution >= 0.6 is 15.9 Å². The number of ether oxygens (including phenoxy) is 2. The maximum atomic E-state index is 13.2. The van der Waals surface area contributed by atoms with Crippen molar-refractivity contribution in [3.05, 3.63) is 57.8 Å². The van der Waals surface area contributed by atoms with Crippen LogP contribution in [0.25, 0.3) is 0 Å². The summed E-state index contributed by atoms with van der Waals surface area (Å²) in [4.78, 5) is 0. The van der Waals surface area contributed by atoms with E-state index in [0.29, 0.717) is 22.6 Å². The van der Waals surface area contributed by atoms with Crippen molar-refractivity contribution in [1.29, 1.82) is 0 Å². The summed E-state index contributed by atoms with van der Waals surface area (Å²) in [6.45, 7) is 2.51. The Morgan fingerprint density at radius 2 is 1.95 bits per heavy atom. The van der Waals surface area contributed by atoms with Gasteiger partial charge in [-0.15, -0.1) is 0 Å². The summed E-state index contributed by atoms with van der Waals surface area (Å²) in [5.41, 5.74) is 1.46. The highest BCUT2D eigenvalue weighted by molar-refractivity contribution is 9.10. The van der Waals surface area contributed by atoms with Crippen molar-refractivity contribution in [1.82, 2.24) is 0 Å². The van der Waals surface area contributed by atoms with E-state index in [9.17, 15) is 9.50 Å². The second-order valence-electron chi connectivity index (χ2n) is 4.41. The standard InChI is InChI=1S/C16H16BrFO3/c1-2-20-15-8-12(9-19)7-14(17)16(15)21-10-11-4-3-5-13(18)6-11/h3-8,19H,2,9-10H2,1H3. The van der Waals surface area contributed by atoms with Crippen molar-refractivity contribution < 1.29 is 19.0 Å². The van der Waals surface area contributed by atoms with Crippen molar-refractivity contribution in [2.45, 2.75) is 20.1 Å². The predicted octanol–water partition coefficient (Wildman–Crippen LogP) is 4.06. The van der Waals surface area contributed by atoms with Gasteiger partial charge in [0.05, 0.1) is 17.7 Å². The van der Waals surface area contributed by atoms with Crippen molar-refractivity contribution in [2.75, 3.05) is 6.61 Å². The van der Waals surface area contributed by atoms with Crippen molar-refractivity contribution in [2.24, 2.45) is 0 Å². The molecule has 2 aromatic rings. The first-order valence-corrected chi connectivity index (χ1v) is 7.36. The lowest BCUT2D eigenvalue weighted by Crippen LogP contribution is -2.02. The highest BCUT2D eigenvalue weighted by atomic mass is 79.9. The summed E-state index contributed by atoms with van der Waals surface area (Å²) in [5, 5.41) is 9.23. The monoisotopic (exact) mass is 354 g/mol. The van der Waals surface area contributed by atoms with Crippen LogP contribution in [0.3, 0.4) is 0 Å². The highest BCUT2D eigenvalue weighted by Crippen LogP contribution is 2.37. The van der Waals surface area contributed by atoms with Gasteiger partial charge in [-0.3, -0.25) is 0 Å². The number of hydrogen-bond acceptors (Lipinski definition) is 3. The first kappa shape index (κ1) is 15.8. The Kier molecular flexibility index (Phi) is 5.59. The Bertz CT molecular complexity index is 616. The van der Waals surface area contributed by atoms with Crippen LogP contribution in [0.15, 0.2) is 40.9 Å². The molecule has 0 spiro atoms. The average molecular weight is 355 g/mol. The number of rotatable bonds is 6. The fourth-order valence-electron chi connectivity index (χ4n) is 1.90. The van der Waals surface area contributed by atoms with Crippen LogP contribution in [0.5, 0.6) is 11.5 Å². The van der Waals surface area contributed by atoms with E-state index in [1.54, 1.807) is 24.3 Å². The minimum Gasteiger partial charge on any atom is -0.490 e. The third-order valence-corrected chi connectivity index (χ3v) is 3.41. The Labute approximate surface area is 131 Å². The van der Waals surface area contributed by atoms with Gasteiger partial charge in [-0.25, -0.2) is 4.39 Å². The summed E-state index contributed by atoms with van der Waals surface area (Å²) < 4.78 is 25.1. The normalized spacial score (nSPS) is 10.5. The molecular formula is C16H16BrFO3. The lowest BCUT2D eigenvalue weighted by molar-refractivity contribution is 0.262. The molecule has 5 heteroatoms. The van der Waals surface area contributed by atoms with E-state index in [-0.39, 0.29) is 19.0 Å². The van der Waals surface area contributed by atoms with E-state index in [4.69, 9.17) is 9.47 Å². The zero-order chi connectivity index (χ0) is 15.2. The van der Waals surface area contributed by atoms with Gasteiger partial charge in [0, 0.05) is 0 Å². The van der Waals surface area contributed by atoms with E-state index in [0.717, 1.165) is 11.1 Å². The van der Waals surface area contributed by atoms with E-state index >= 15 is 0 Å². The number of hydrogen-bond donors (Lipinski definition) is 1. The summed E-state index contributed by atoms with van der Waals surface area (Å²) in [5.74, 6) is 0.793. The molecule has 0 bridgehead atoms. The van der Waals surface area contributed by atoms with Crippen LogP contribution < -0.4 is 9.47 Å². The Morgan fingerprint density at radius 1 is 1.14 bits per heavy atom. The lowest BCUT2D eigenvalue weighted by Gasteiger charge is -2.15. The van der Waals surface area contributed by atoms with E-state index in [1.165, 1.54) is 12.1 Å². The molecule has 2 aromatic carbocycles. The quantitative estimate of drug-likeness (QED) is 0.850. The zero-order valence-electron chi connectivity index (χ0n) is 11.6. The van der Waals surface area contributed by atoms with Crippen LogP contribution in [0.2, 0.25) is 0 Å². The predicted molar refractivity (Wildman–Crippen MR) is 82.0 cm³/mol. The van der Waals surface area contributed by atoms with Gasteiger partial charge in [0.15, 0.2) is 11.5 Å². The van der Waals surface area contributed by atoms with Crippen molar-refractivity contribution in [3.8, 4) is 11.5 Å². The van der Waals surface area contributed by atoms with Crippen LogP contribution in [0.4, 0.5) is 4.39 Å². The molecule has 0 saturated heterocycles. The SMILES string of the molecule is CCOc1cc(CO)cc(Br)c1OCc1cccc(F)c1. The molecule has 0 atom stereocenters. The summed E-state index contributed by atoms with van der Waals surface area (Å²) in [7, 11) is 0. The molecule has 0 aliphatic carbocycles. The van der Waals surface area contributed by atoms with Gasteiger partial charge in [-0.05, 0) is 58.2 Å². The maximum Gasteiger partial charge on any atom is 0.175 e. The first-order valence-electron chi connectivity index (χ1n) is 6.57. The lowest BCUT2D eigenvalue weighted by atomic mass is 10.2. The third kappa shape index (κ3) is 4.19. The summed E-state index contributed by atoms with van der Waals surface area (Å²) >= 11 is 3.41. The molecule has 112 valence electrons. The fraction of sp³-hybridized carbons (Fsp3) is 0.250. The van der Waals surface area contributed by atoms with Crippen LogP contribution in [-0.2, 0) is 13.2 Å². The molecule has 0 aromatic heterocycles. The van der Waals surface area contributed by atoms with E-state index in [2.05, 4.69) is 15.9 Å². The van der Waals surface area contributed by atoms with Gasteiger partial charge >= 0.3 is 0 Å². The van der Waals surface area contributed by atoms with Crippen LogP contribution in [0, 0.1) is 5.82 Å². The number of aliphatic hydroxyl groups is 1. The molecule has 3 nitrogen and oxygen atoms in total. The maximum absolute atomic E-state index is 13.2. The van der Waals surface area contributed by atoms with E-state index in [1.807, 2.05) is 6.92 Å². The highest BCUT2D eigenvalue weighted by Gasteiger charge is 2.12. The van der Waals surface area contributed by atoms with Crippen molar-refractivity contribution in [3.63, 3.8) is 0 Å². The van der Waals surface area contributed by atoms with Crippen LogP contribution in [0.1, 0.15) is 18.1 Å². The molecule has 0 saturated carbocycles. The largest absolute Gasteiger partial charge is 0.490 e. The smallest absolute Gasteiger partial charge is 0.175 e. The van der Waals surface area contributed by atoms with Gasteiger partial charge in [0.2, 0.25) is 0 Å². The number of benzene rings is 2. The number of aliphatic hydroxyl groups excluding tert-OH is 1. The second kappa shape index (κ2) is 7.43. The molecule has 0 aliphatic heterocycles. The Balaban J connectivity index is 2.22. The van der Waals surface area contributed by atoms with Gasteiger partial charge in [0.25, 0.3) is 0 Å². The minimum atomic E-state index is -0.296. The average Bonchev–Trinajstić information content (AvgIpc) is 2.46.